The fourth-order valence-corrected chi connectivity index (χ4v) is 1.63. The molecule has 1 N–H and O–H groups in total. The minimum Gasteiger partial charge on any atom is -0.326 e. The van der Waals surface area contributed by atoms with E-state index in [2.05, 4.69) is 5.32 Å². The van der Waals surface area contributed by atoms with E-state index in [0.29, 0.717) is 12.8 Å². The maximum Gasteiger partial charge on any atom is 0.306 e. The molecule has 98 valence electrons. The Hall–Kier alpha value is -1.98. The molecule has 1 rings (SSSR count). The summed E-state index contributed by atoms with van der Waals surface area (Å²) in [5.74, 6) is -1.27. The molecule has 0 fully saturated rings. The molecule has 0 aromatic heterocycles. The van der Waals surface area contributed by atoms with Crippen LogP contribution in [0.1, 0.15) is 26.7 Å². The average molecular weight is 254 g/mol. The van der Waals surface area contributed by atoms with Gasteiger partial charge in [0.25, 0.3) is 0 Å². The highest BCUT2D eigenvalue weighted by Crippen LogP contribution is 2.22. The molecule has 18 heavy (non-hydrogen) atoms. The first-order chi connectivity index (χ1) is 8.49. The number of nitrogens with one attached hydrogen (secondary N) is 1. The first kappa shape index (κ1) is 14.1. The minimum absolute atomic E-state index is 0.144. The number of nitro groups is 1. The largest absolute Gasteiger partial charge is 0.326 e. The summed E-state index contributed by atoms with van der Waals surface area (Å²) in [6.07, 6.45) is 1.37. The monoisotopic (exact) mass is 254 g/mol. The summed E-state index contributed by atoms with van der Waals surface area (Å²) in [6.45, 7) is 3.78. The number of carbonyl (C=O) groups is 1. The lowest BCUT2D eigenvalue weighted by molar-refractivity contribution is -0.387. The summed E-state index contributed by atoms with van der Waals surface area (Å²) >= 11 is 0. The molecule has 0 aliphatic carbocycles. The van der Waals surface area contributed by atoms with E-state index in [4.69, 9.17) is 0 Å². The lowest BCUT2D eigenvalue weighted by Gasteiger charge is -2.12. The minimum atomic E-state index is -0.916. The van der Waals surface area contributed by atoms with E-state index in [1.165, 1.54) is 6.07 Å². The van der Waals surface area contributed by atoms with Gasteiger partial charge in [0.1, 0.15) is 0 Å². The Morgan fingerprint density at radius 1 is 1.44 bits per heavy atom. The number of carbonyl (C=O) groups excluding carboxylic acids is 1. The van der Waals surface area contributed by atoms with Crippen LogP contribution in [0.4, 0.5) is 15.8 Å². The highest BCUT2D eigenvalue weighted by Gasteiger charge is 2.18. The van der Waals surface area contributed by atoms with E-state index in [0.717, 1.165) is 12.1 Å². The third-order valence-corrected chi connectivity index (χ3v) is 2.77. The molecule has 6 heteroatoms. The fourth-order valence-electron chi connectivity index (χ4n) is 1.63. The van der Waals surface area contributed by atoms with Crippen molar-refractivity contribution in [2.75, 3.05) is 5.32 Å². The zero-order valence-electron chi connectivity index (χ0n) is 10.3. The number of amides is 1. The van der Waals surface area contributed by atoms with Gasteiger partial charge in [0.05, 0.1) is 4.92 Å². The van der Waals surface area contributed by atoms with Crippen molar-refractivity contribution in [1.82, 2.24) is 0 Å². The molecule has 1 aromatic rings. The molecular weight excluding hydrogens is 239 g/mol. The Balaban J connectivity index is 2.89. The Kier molecular flexibility index (Phi) is 4.76. The normalized spacial score (nSPS) is 10.4. The third-order valence-electron chi connectivity index (χ3n) is 2.77. The molecule has 0 heterocycles. The van der Waals surface area contributed by atoms with Crippen LogP contribution in [-0.2, 0) is 4.79 Å². The van der Waals surface area contributed by atoms with Crippen LogP contribution < -0.4 is 5.32 Å². The van der Waals surface area contributed by atoms with Crippen molar-refractivity contribution >= 4 is 17.3 Å². The van der Waals surface area contributed by atoms with E-state index in [1.54, 1.807) is 0 Å². The molecule has 0 saturated carbocycles. The summed E-state index contributed by atoms with van der Waals surface area (Å²) in [7, 11) is 0. The molecule has 5 nitrogen and oxygen atoms in total. The van der Waals surface area contributed by atoms with Crippen LogP contribution in [0.25, 0.3) is 0 Å². The molecule has 1 aromatic carbocycles. The highest BCUT2D eigenvalue weighted by molar-refractivity contribution is 5.92. The molecule has 0 radical (unpaired) electrons. The zero-order chi connectivity index (χ0) is 13.7. The summed E-state index contributed by atoms with van der Waals surface area (Å²) in [4.78, 5) is 21.5. The number of hydrogen-bond acceptors (Lipinski definition) is 3. The number of nitrogens with zero attached hydrogens (tertiary/aromatic N) is 1. The molecule has 0 saturated heterocycles. The van der Waals surface area contributed by atoms with Crippen LogP contribution in [0.2, 0.25) is 0 Å². The van der Waals surface area contributed by atoms with E-state index >= 15 is 0 Å². The maximum absolute atomic E-state index is 13.1. The third kappa shape index (κ3) is 3.26. The second-order valence-corrected chi connectivity index (χ2v) is 3.93. The van der Waals surface area contributed by atoms with Gasteiger partial charge in [-0.15, -0.1) is 0 Å². The number of halogens is 1. The van der Waals surface area contributed by atoms with Crippen molar-refractivity contribution in [2.45, 2.75) is 26.7 Å². The van der Waals surface area contributed by atoms with E-state index in [-0.39, 0.29) is 17.5 Å². The molecular formula is C12H15FN2O3. The number of benzene rings is 1. The Morgan fingerprint density at radius 2 is 2.06 bits per heavy atom. The van der Waals surface area contributed by atoms with Crippen LogP contribution in [0.15, 0.2) is 18.2 Å². The van der Waals surface area contributed by atoms with Crippen LogP contribution in [-0.4, -0.2) is 10.8 Å². The van der Waals surface area contributed by atoms with Gasteiger partial charge in [0, 0.05) is 17.7 Å². The fraction of sp³-hybridized carbons (Fsp3) is 0.417. The average Bonchev–Trinajstić information content (AvgIpc) is 2.32. The van der Waals surface area contributed by atoms with Gasteiger partial charge in [-0.1, -0.05) is 13.8 Å². The second kappa shape index (κ2) is 6.09. The first-order valence-electron chi connectivity index (χ1n) is 5.74. The quantitative estimate of drug-likeness (QED) is 0.648. The summed E-state index contributed by atoms with van der Waals surface area (Å²) in [6, 6.07) is 3.30. The molecule has 0 aliphatic heterocycles. The zero-order valence-corrected chi connectivity index (χ0v) is 10.3. The number of hydrogen-bond donors (Lipinski definition) is 1. The van der Waals surface area contributed by atoms with Crippen molar-refractivity contribution in [2.24, 2.45) is 5.92 Å². The van der Waals surface area contributed by atoms with Gasteiger partial charge in [0.15, 0.2) is 0 Å². The van der Waals surface area contributed by atoms with Gasteiger partial charge in [0.2, 0.25) is 11.7 Å². The summed E-state index contributed by atoms with van der Waals surface area (Å²) in [5, 5.41) is 13.1. The predicted molar refractivity (Wildman–Crippen MR) is 65.8 cm³/mol. The van der Waals surface area contributed by atoms with Crippen LogP contribution in [0.5, 0.6) is 0 Å². The number of anilines is 1. The standard InChI is InChI=1S/C12H15FN2O3/c1-3-8(4-2)12(16)14-9-5-6-10(13)11(7-9)15(17)18/h5-8H,3-4H2,1-2H3,(H,14,16). The topological polar surface area (TPSA) is 72.2 Å². The molecule has 0 spiro atoms. The highest BCUT2D eigenvalue weighted by atomic mass is 19.1. The van der Waals surface area contributed by atoms with Gasteiger partial charge >= 0.3 is 5.69 Å². The van der Waals surface area contributed by atoms with E-state index in [1.807, 2.05) is 13.8 Å². The van der Waals surface area contributed by atoms with Crippen molar-refractivity contribution in [3.05, 3.63) is 34.1 Å². The maximum atomic E-state index is 13.1. The van der Waals surface area contributed by atoms with Crippen molar-refractivity contribution in [1.29, 1.82) is 0 Å². The van der Waals surface area contributed by atoms with Gasteiger partial charge < -0.3 is 5.32 Å². The summed E-state index contributed by atoms with van der Waals surface area (Å²) in [5.41, 5.74) is -0.405. The van der Waals surface area contributed by atoms with Crippen molar-refractivity contribution in [3.8, 4) is 0 Å². The Labute approximate surface area is 104 Å². The van der Waals surface area contributed by atoms with Gasteiger partial charge in [-0.3, -0.25) is 14.9 Å². The Morgan fingerprint density at radius 3 is 2.56 bits per heavy atom. The first-order valence-corrected chi connectivity index (χ1v) is 5.74. The van der Waals surface area contributed by atoms with Crippen LogP contribution >= 0.6 is 0 Å². The lowest BCUT2D eigenvalue weighted by atomic mass is 10.0. The molecule has 0 bridgehead atoms. The molecule has 1 amide bonds. The SMILES string of the molecule is CCC(CC)C(=O)Nc1ccc(F)c([N+](=O)[O-])c1. The van der Waals surface area contributed by atoms with Crippen molar-refractivity contribution in [3.63, 3.8) is 0 Å². The molecule has 0 atom stereocenters. The molecule has 0 aliphatic rings. The Bertz CT molecular complexity index is 459. The smallest absolute Gasteiger partial charge is 0.306 e. The second-order valence-electron chi connectivity index (χ2n) is 3.93. The number of rotatable bonds is 5. The van der Waals surface area contributed by atoms with Crippen LogP contribution in [0, 0.1) is 21.8 Å². The molecule has 0 unspecified atom stereocenters. The van der Waals surface area contributed by atoms with Gasteiger partial charge in [-0.2, -0.15) is 4.39 Å². The summed E-state index contributed by atoms with van der Waals surface area (Å²) < 4.78 is 13.1. The predicted octanol–water partition coefficient (Wildman–Crippen LogP) is 3.11. The van der Waals surface area contributed by atoms with Crippen molar-refractivity contribution < 1.29 is 14.1 Å². The van der Waals surface area contributed by atoms with Crippen LogP contribution in [0.3, 0.4) is 0 Å². The van der Waals surface area contributed by atoms with Gasteiger partial charge in [-0.25, -0.2) is 0 Å². The van der Waals surface area contributed by atoms with E-state index < -0.39 is 16.4 Å². The lowest BCUT2D eigenvalue weighted by Crippen LogP contribution is -2.21. The van der Waals surface area contributed by atoms with E-state index in [9.17, 15) is 19.3 Å². The number of nitro benzene ring substituents is 1. The van der Waals surface area contributed by atoms with Gasteiger partial charge in [-0.05, 0) is 25.0 Å².